The molecule has 0 radical (unpaired) electrons. The summed E-state index contributed by atoms with van der Waals surface area (Å²) in [5.74, 6) is 0.602. The van der Waals surface area contributed by atoms with E-state index < -0.39 is 29.3 Å². The summed E-state index contributed by atoms with van der Waals surface area (Å²) in [4.78, 5) is 40.5. The highest BCUT2D eigenvalue weighted by Gasteiger charge is 2.34. The Hall–Kier alpha value is -3.55. The van der Waals surface area contributed by atoms with Crippen molar-refractivity contribution in [1.29, 1.82) is 0 Å². The second-order valence-electron chi connectivity index (χ2n) is 13.4. The first-order chi connectivity index (χ1) is 19.8. The summed E-state index contributed by atoms with van der Waals surface area (Å²) in [6.07, 6.45) is 6.16. The molecule has 8 heteroatoms. The average Bonchev–Trinajstić information content (AvgIpc) is 3.34. The van der Waals surface area contributed by atoms with Crippen LogP contribution in [0.5, 0.6) is 5.75 Å². The minimum atomic E-state index is -1.17. The lowest BCUT2D eigenvalue weighted by Crippen LogP contribution is -2.48. The smallest absolute Gasteiger partial charge is 0.408 e. The van der Waals surface area contributed by atoms with Gasteiger partial charge in [-0.2, -0.15) is 0 Å². The first kappa shape index (κ1) is 31.4. The molecule has 228 valence electrons. The number of fused-ring (bicyclic) bond motifs is 1. The van der Waals surface area contributed by atoms with Crippen molar-refractivity contribution in [2.75, 3.05) is 18.1 Å². The molecule has 1 heterocycles. The Morgan fingerprint density at radius 2 is 1.52 bits per heavy atom. The van der Waals surface area contributed by atoms with Crippen LogP contribution >= 0.6 is 0 Å². The van der Waals surface area contributed by atoms with Crippen molar-refractivity contribution in [1.82, 2.24) is 5.32 Å². The number of alkyl carbamates (subject to hydrolysis) is 1. The Balaban J connectivity index is 1.41. The van der Waals surface area contributed by atoms with E-state index in [-0.39, 0.29) is 12.3 Å². The Morgan fingerprint density at radius 3 is 2.17 bits per heavy atom. The molecule has 42 heavy (non-hydrogen) atoms. The molecule has 0 saturated heterocycles. The van der Waals surface area contributed by atoms with Gasteiger partial charge in [-0.3, -0.25) is 4.79 Å². The summed E-state index contributed by atoms with van der Waals surface area (Å²) in [5, 5.41) is 2.54. The number of ether oxygens (including phenoxy) is 3. The molecule has 2 aromatic carbocycles. The van der Waals surface area contributed by atoms with Crippen molar-refractivity contribution in [2.45, 2.75) is 104 Å². The predicted molar refractivity (Wildman–Crippen MR) is 164 cm³/mol. The van der Waals surface area contributed by atoms with Crippen molar-refractivity contribution < 1.29 is 28.6 Å². The van der Waals surface area contributed by atoms with Crippen LogP contribution in [0.2, 0.25) is 0 Å². The number of hydrogen-bond donors (Lipinski definition) is 1. The molecule has 0 aromatic heterocycles. The molecule has 4 rings (SSSR count). The quantitative estimate of drug-likeness (QED) is 0.345. The molecule has 1 unspecified atom stereocenters. The summed E-state index contributed by atoms with van der Waals surface area (Å²) in [6.45, 7) is 11.7. The maximum Gasteiger partial charge on any atom is 0.408 e. The van der Waals surface area contributed by atoms with Crippen LogP contribution in [0.4, 0.5) is 10.5 Å². The fraction of sp³-hybridized carbons (Fsp3) is 0.559. The molecule has 1 atom stereocenters. The standard InChI is InChI=1S/C34H46N2O6/c1-33(2,3)41-31(38)28(35-32(39)42-34(4,5)6)21-30(37)36-19-18-26-20-25(14-17-29(26)36)24-12-15-27(16-13-24)40-22-23-10-8-7-9-11-23/h12-17,20,23,28H,7-11,18-19,21-22H2,1-6H3,(H,35,39). The molecule has 0 bridgehead atoms. The monoisotopic (exact) mass is 578 g/mol. The summed E-state index contributed by atoms with van der Waals surface area (Å²) in [5.41, 5.74) is 2.51. The number of benzene rings is 2. The van der Waals surface area contributed by atoms with Gasteiger partial charge in [0.2, 0.25) is 5.91 Å². The van der Waals surface area contributed by atoms with Crippen molar-refractivity contribution in [3.63, 3.8) is 0 Å². The van der Waals surface area contributed by atoms with Gasteiger partial charge in [-0.05, 0) is 108 Å². The number of nitrogens with zero attached hydrogens (tertiary/aromatic N) is 1. The number of nitrogens with one attached hydrogen (secondary N) is 1. The zero-order valence-corrected chi connectivity index (χ0v) is 26.0. The molecule has 1 saturated carbocycles. The van der Waals surface area contributed by atoms with Crippen LogP contribution < -0.4 is 15.0 Å². The minimum absolute atomic E-state index is 0.238. The van der Waals surface area contributed by atoms with Crippen LogP contribution in [0.15, 0.2) is 42.5 Å². The lowest BCUT2D eigenvalue weighted by molar-refractivity contribution is -0.158. The first-order valence-electron chi connectivity index (χ1n) is 15.2. The number of esters is 1. The Morgan fingerprint density at radius 1 is 0.881 bits per heavy atom. The van der Waals surface area contributed by atoms with E-state index in [0.29, 0.717) is 18.9 Å². The average molecular weight is 579 g/mol. The third-order valence-corrected chi connectivity index (χ3v) is 7.44. The largest absolute Gasteiger partial charge is 0.493 e. The zero-order valence-electron chi connectivity index (χ0n) is 26.0. The van der Waals surface area contributed by atoms with Gasteiger partial charge in [-0.25, -0.2) is 9.59 Å². The lowest BCUT2D eigenvalue weighted by Gasteiger charge is -2.27. The van der Waals surface area contributed by atoms with Crippen LogP contribution in [0.1, 0.15) is 85.6 Å². The molecule has 8 nitrogen and oxygen atoms in total. The fourth-order valence-electron chi connectivity index (χ4n) is 5.45. The van der Waals surface area contributed by atoms with E-state index in [2.05, 4.69) is 23.5 Å². The van der Waals surface area contributed by atoms with E-state index in [0.717, 1.165) is 34.7 Å². The Bertz CT molecular complexity index is 1250. The topological polar surface area (TPSA) is 94.2 Å². The molecular formula is C34H46N2O6. The number of amides is 2. The molecule has 2 amide bonds. The highest BCUT2D eigenvalue weighted by molar-refractivity contribution is 5.99. The normalized spacial score (nSPS) is 16.4. The number of carbonyl (C=O) groups is 3. The number of hydrogen-bond acceptors (Lipinski definition) is 6. The molecular weight excluding hydrogens is 532 g/mol. The van der Waals surface area contributed by atoms with Crippen molar-refractivity contribution in [3.8, 4) is 16.9 Å². The predicted octanol–water partition coefficient (Wildman–Crippen LogP) is 6.83. The van der Waals surface area contributed by atoms with Gasteiger partial charge in [0, 0.05) is 12.2 Å². The van der Waals surface area contributed by atoms with Gasteiger partial charge in [0.1, 0.15) is 23.0 Å². The third-order valence-electron chi connectivity index (χ3n) is 7.44. The summed E-state index contributed by atoms with van der Waals surface area (Å²) in [7, 11) is 0. The van der Waals surface area contributed by atoms with Gasteiger partial charge in [-0.1, -0.05) is 37.5 Å². The minimum Gasteiger partial charge on any atom is -0.493 e. The van der Waals surface area contributed by atoms with Crippen LogP contribution in [0.3, 0.4) is 0 Å². The molecule has 1 aliphatic carbocycles. The number of rotatable bonds is 8. The van der Waals surface area contributed by atoms with Gasteiger partial charge < -0.3 is 24.4 Å². The number of anilines is 1. The summed E-state index contributed by atoms with van der Waals surface area (Å²) >= 11 is 0. The van der Waals surface area contributed by atoms with Crippen molar-refractivity contribution >= 4 is 23.7 Å². The highest BCUT2D eigenvalue weighted by atomic mass is 16.6. The maximum atomic E-state index is 13.4. The van der Waals surface area contributed by atoms with E-state index in [1.54, 1.807) is 46.4 Å². The fourth-order valence-corrected chi connectivity index (χ4v) is 5.45. The molecule has 1 fully saturated rings. The summed E-state index contributed by atoms with van der Waals surface area (Å²) < 4.78 is 16.9. The summed E-state index contributed by atoms with van der Waals surface area (Å²) in [6, 6.07) is 13.1. The SMILES string of the molecule is CC(C)(C)OC(=O)NC(CC(=O)N1CCc2cc(-c3ccc(OCC4CCCCC4)cc3)ccc21)C(=O)OC(C)(C)C. The molecule has 2 aliphatic rings. The molecule has 1 N–H and O–H groups in total. The van der Waals surface area contributed by atoms with Gasteiger partial charge in [-0.15, -0.1) is 0 Å². The second kappa shape index (κ2) is 13.2. The van der Waals surface area contributed by atoms with Gasteiger partial charge in [0.25, 0.3) is 0 Å². The van der Waals surface area contributed by atoms with Crippen LogP contribution in [-0.2, 0) is 25.5 Å². The van der Waals surface area contributed by atoms with E-state index in [1.807, 2.05) is 24.3 Å². The highest BCUT2D eigenvalue weighted by Crippen LogP contribution is 2.34. The van der Waals surface area contributed by atoms with E-state index >= 15 is 0 Å². The van der Waals surface area contributed by atoms with E-state index in [9.17, 15) is 14.4 Å². The zero-order chi connectivity index (χ0) is 30.5. The van der Waals surface area contributed by atoms with Gasteiger partial charge in [0.05, 0.1) is 13.0 Å². The molecule has 0 spiro atoms. The molecule has 1 aliphatic heterocycles. The Labute approximate surface area is 250 Å². The Kier molecular flexibility index (Phi) is 9.85. The third kappa shape index (κ3) is 8.97. The molecule has 2 aromatic rings. The van der Waals surface area contributed by atoms with Gasteiger partial charge >= 0.3 is 12.1 Å². The van der Waals surface area contributed by atoms with Gasteiger partial charge in [0.15, 0.2) is 0 Å². The van der Waals surface area contributed by atoms with Crippen LogP contribution in [-0.4, -0.2) is 48.4 Å². The maximum absolute atomic E-state index is 13.4. The number of carbonyl (C=O) groups excluding carboxylic acids is 3. The lowest BCUT2D eigenvalue weighted by atomic mass is 9.90. The van der Waals surface area contributed by atoms with Crippen molar-refractivity contribution in [2.24, 2.45) is 5.92 Å². The van der Waals surface area contributed by atoms with Crippen LogP contribution in [0.25, 0.3) is 11.1 Å². The first-order valence-corrected chi connectivity index (χ1v) is 15.2. The second-order valence-corrected chi connectivity index (χ2v) is 13.4. The van der Waals surface area contributed by atoms with E-state index in [1.165, 1.54) is 32.1 Å². The van der Waals surface area contributed by atoms with Crippen LogP contribution in [0, 0.1) is 5.92 Å². The van der Waals surface area contributed by atoms with E-state index in [4.69, 9.17) is 14.2 Å². The van der Waals surface area contributed by atoms with Crippen molar-refractivity contribution in [3.05, 3.63) is 48.0 Å².